The van der Waals surface area contributed by atoms with Gasteiger partial charge in [-0.25, -0.2) is 0 Å². The van der Waals surface area contributed by atoms with Crippen molar-refractivity contribution in [3.05, 3.63) is 0 Å². The van der Waals surface area contributed by atoms with Crippen LogP contribution in [0.2, 0.25) is 0 Å². The van der Waals surface area contributed by atoms with Gasteiger partial charge in [0, 0.05) is 5.75 Å². The van der Waals surface area contributed by atoms with Crippen molar-refractivity contribution in [1.29, 1.82) is 0 Å². The number of rotatable bonds is 11. The number of Topliss-reactive ketones (excluding diaryl/α,β-unsaturated/α-hetero) is 1. The fourth-order valence-electron chi connectivity index (χ4n) is 1.51. The second-order valence-electron chi connectivity index (χ2n) is 5.25. The molecular formula is C12H23N3O5S2. The number of carbonyl (C=O) groups is 3. The van der Waals surface area contributed by atoms with Crippen LogP contribution in [0.3, 0.4) is 0 Å². The van der Waals surface area contributed by atoms with Gasteiger partial charge in [-0.05, 0) is 12.3 Å². The Morgan fingerprint density at radius 3 is 1.95 bits per heavy atom. The topological polar surface area (TPSA) is 170 Å². The van der Waals surface area contributed by atoms with E-state index in [0.717, 1.165) is 21.6 Å². The molecule has 128 valence electrons. The molecule has 8 nitrogen and oxygen atoms in total. The van der Waals surface area contributed by atoms with Crippen molar-refractivity contribution >= 4 is 39.3 Å². The van der Waals surface area contributed by atoms with Crippen LogP contribution < -0.4 is 17.2 Å². The van der Waals surface area contributed by atoms with E-state index in [1.54, 1.807) is 0 Å². The van der Waals surface area contributed by atoms with Gasteiger partial charge in [0.25, 0.3) is 0 Å². The average molecular weight is 353 g/mol. The largest absolute Gasteiger partial charge is 0.480 e. The first kappa shape index (κ1) is 21.2. The van der Waals surface area contributed by atoms with Crippen LogP contribution in [0.15, 0.2) is 0 Å². The van der Waals surface area contributed by atoms with Gasteiger partial charge < -0.3 is 27.4 Å². The predicted octanol–water partition coefficient (Wildman–Crippen LogP) is -0.497. The number of hydrogen-bond donors (Lipinski definition) is 5. The highest BCUT2D eigenvalue weighted by atomic mass is 33.1. The molecule has 0 saturated heterocycles. The third-order valence-corrected chi connectivity index (χ3v) is 5.52. The van der Waals surface area contributed by atoms with Crippen molar-refractivity contribution in [2.75, 3.05) is 5.75 Å². The van der Waals surface area contributed by atoms with Crippen LogP contribution >= 0.6 is 21.6 Å². The van der Waals surface area contributed by atoms with Gasteiger partial charge in [-0.1, -0.05) is 35.4 Å². The Bertz CT molecular complexity index is 408. The van der Waals surface area contributed by atoms with Gasteiger partial charge in [-0.15, -0.1) is 0 Å². The Labute approximate surface area is 136 Å². The monoisotopic (exact) mass is 353 g/mol. The zero-order chi connectivity index (χ0) is 17.4. The molecule has 0 aromatic carbocycles. The first-order valence-electron chi connectivity index (χ1n) is 6.62. The summed E-state index contributed by atoms with van der Waals surface area (Å²) in [6.45, 7) is 3.79. The van der Waals surface area contributed by atoms with Crippen LogP contribution in [0, 0.1) is 5.92 Å². The second-order valence-corrected chi connectivity index (χ2v) is 7.80. The molecule has 0 aromatic rings. The van der Waals surface area contributed by atoms with E-state index >= 15 is 0 Å². The average Bonchev–Trinajstić information content (AvgIpc) is 2.40. The van der Waals surface area contributed by atoms with Crippen LogP contribution in [0.5, 0.6) is 0 Å². The summed E-state index contributed by atoms with van der Waals surface area (Å²) in [5.41, 5.74) is 16.7. The summed E-state index contributed by atoms with van der Waals surface area (Å²) in [5, 5.41) is 16.6. The highest BCUT2D eigenvalue weighted by Crippen LogP contribution is 2.30. The lowest BCUT2D eigenvalue weighted by molar-refractivity contribution is -0.140. The summed E-state index contributed by atoms with van der Waals surface area (Å²) in [6.07, 6.45) is 0.418. The maximum atomic E-state index is 12.3. The Hall–Kier alpha value is -0.810. The van der Waals surface area contributed by atoms with E-state index < -0.39 is 41.1 Å². The summed E-state index contributed by atoms with van der Waals surface area (Å²) in [6, 6.07) is -3.32. The molecule has 0 aliphatic rings. The van der Waals surface area contributed by atoms with Crippen LogP contribution in [0.25, 0.3) is 0 Å². The van der Waals surface area contributed by atoms with E-state index in [0.29, 0.717) is 6.42 Å². The number of nitrogens with two attached hydrogens (primary N) is 3. The summed E-state index contributed by atoms with van der Waals surface area (Å²) < 4.78 is 0. The fraction of sp³-hybridized carbons (Fsp3) is 0.750. The fourth-order valence-corrected chi connectivity index (χ4v) is 4.29. The normalized spacial score (nSPS) is 16.8. The molecule has 0 bridgehead atoms. The van der Waals surface area contributed by atoms with E-state index in [1.165, 1.54) is 0 Å². The van der Waals surface area contributed by atoms with Gasteiger partial charge in [0.1, 0.15) is 17.3 Å². The van der Waals surface area contributed by atoms with E-state index in [4.69, 9.17) is 27.4 Å². The molecule has 0 aromatic heterocycles. The molecule has 0 spiro atoms. The smallest absolute Gasteiger partial charge is 0.322 e. The number of carbonyl (C=O) groups excluding carboxylic acids is 1. The van der Waals surface area contributed by atoms with Gasteiger partial charge >= 0.3 is 11.9 Å². The molecule has 4 atom stereocenters. The lowest BCUT2D eigenvalue weighted by Gasteiger charge is -2.23. The zero-order valence-electron chi connectivity index (χ0n) is 12.5. The maximum Gasteiger partial charge on any atom is 0.322 e. The van der Waals surface area contributed by atoms with Crippen molar-refractivity contribution in [2.45, 2.75) is 43.6 Å². The predicted molar refractivity (Wildman–Crippen MR) is 87.5 cm³/mol. The minimum absolute atomic E-state index is 0.0234. The van der Waals surface area contributed by atoms with Crippen molar-refractivity contribution in [2.24, 2.45) is 23.1 Å². The minimum Gasteiger partial charge on any atom is -0.480 e. The van der Waals surface area contributed by atoms with E-state index in [-0.39, 0.29) is 11.7 Å². The van der Waals surface area contributed by atoms with E-state index in [1.807, 2.05) is 13.8 Å². The number of carboxylic acid groups (broad SMARTS) is 2. The Kier molecular flexibility index (Phi) is 9.69. The van der Waals surface area contributed by atoms with Crippen LogP contribution in [-0.2, 0) is 14.4 Å². The highest BCUT2D eigenvalue weighted by molar-refractivity contribution is 8.77. The number of ketones is 1. The summed E-state index contributed by atoms with van der Waals surface area (Å²) in [4.78, 5) is 33.9. The van der Waals surface area contributed by atoms with Crippen molar-refractivity contribution in [3.63, 3.8) is 0 Å². The van der Waals surface area contributed by atoms with Crippen molar-refractivity contribution in [1.82, 2.24) is 0 Å². The van der Waals surface area contributed by atoms with Crippen LogP contribution in [0.1, 0.15) is 20.3 Å². The van der Waals surface area contributed by atoms with Gasteiger partial charge in [0.15, 0.2) is 5.78 Å². The standard InChI is InChI=1S/C12H23N3O5S2/c1-5(2)3-6(13)9(16)10(8(15)12(19)20)22-21-4-7(14)11(17)18/h5-8,10H,3-4,13-15H2,1-2H3,(H,17,18)(H,19,20). The Morgan fingerprint density at radius 1 is 1.00 bits per heavy atom. The molecule has 0 saturated carbocycles. The van der Waals surface area contributed by atoms with Gasteiger partial charge in [-0.3, -0.25) is 14.4 Å². The van der Waals surface area contributed by atoms with Crippen LogP contribution in [-0.4, -0.2) is 57.1 Å². The first-order chi connectivity index (χ1) is 10.1. The van der Waals surface area contributed by atoms with E-state index in [9.17, 15) is 14.4 Å². The number of aliphatic carboxylic acids is 2. The molecule has 10 heteroatoms. The highest BCUT2D eigenvalue weighted by Gasteiger charge is 2.34. The number of carboxylic acids is 2. The van der Waals surface area contributed by atoms with E-state index in [2.05, 4.69) is 0 Å². The molecular weight excluding hydrogens is 330 g/mol. The van der Waals surface area contributed by atoms with Gasteiger partial charge in [0.2, 0.25) is 0 Å². The molecule has 0 heterocycles. The minimum atomic E-state index is -1.41. The summed E-state index contributed by atoms with van der Waals surface area (Å²) >= 11 is 0. The molecule has 0 radical (unpaired) electrons. The quantitative estimate of drug-likeness (QED) is 0.305. The molecule has 0 aliphatic heterocycles. The Balaban J connectivity index is 4.79. The zero-order valence-corrected chi connectivity index (χ0v) is 14.1. The molecule has 4 unspecified atom stereocenters. The van der Waals surface area contributed by atoms with Gasteiger partial charge in [-0.2, -0.15) is 0 Å². The summed E-state index contributed by atoms with van der Waals surface area (Å²) in [7, 11) is 1.90. The third-order valence-electron chi connectivity index (χ3n) is 2.72. The number of hydrogen-bond acceptors (Lipinski definition) is 8. The lowest BCUT2D eigenvalue weighted by atomic mass is 9.97. The molecule has 0 rings (SSSR count). The van der Waals surface area contributed by atoms with Crippen molar-refractivity contribution in [3.8, 4) is 0 Å². The molecule has 8 N–H and O–H groups in total. The second kappa shape index (κ2) is 10.1. The lowest BCUT2D eigenvalue weighted by Crippen LogP contribution is -2.50. The third kappa shape index (κ3) is 7.45. The maximum absolute atomic E-state index is 12.3. The molecule has 0 amide bonds. The van der Waals surface area contributed by atoms with Crippen LogP contribution in [0.4, 0.5) is 0 Å². The Morgan fingerprint density at radius 2 is 1.55 bits per heavy atom. The molecule has 0 fully saturated rings. The van der Waals surface area contributed by atoms with Gasteiger partial charge in [0.05, 0.1) is 6.04 Å². The molecule has 22 heavy (non-hydrogen) atoms. The first-order valence-corrected chi connectivity index (χ1v) is 9.00. The molecule has 0 aliphatic carbocycles. The van der Waals surface area contributed by atoms with Crippen molar-refractivity contribution < 1.29 is 24.6 Å². The summed E-state index contributed by atoms with van der Waals surface area (Å²) in [5.74, 6) is -2.74. The SMILES string of the molecule is CC(C)CC(N)C(=O)C(SSCC(N)C(=O)O)C(N)C(=O)O.